The molecular formula is C21H24N2O3S. The van der Waals surface area contributed by atoms with E-state index in [0.29, 0.717) is 24.6 Å². The van der Waals surface area contributed by atoms with E-state index in [0.717, 1.165) is 16.0 Å². The molecule has 0 radical (unpaired) electrons. The summed E-state index contributed by atoms with van der Waals surface area (Å²) < 4.78 is 14.1. The summed E-state index contributed by atoms with van der Waals surface area (Å²) in [5, 5.41) is 0. The average Bonchev–Trinajstić information content (AvgIpc) is 2.97. The Morgan fingerprint density at radius 2 is 1.93 bits per heavy atom. The number of rotatable bonds is 7. The van der Waals surface area contributed by atoms with Crippen molar-refractivity contribution >= 4 is 27.5 Å². The lowest BCUT2D eigenvalue weighted by molar-refractivity contribution is -0.118. The number of aryl methyl sites for hydroxylation is 2. The van der Waals surface area contributed by atoms with Crippen molar-refractivity contribution in [1.82, 2.24) is 4.57 Å². The summed E-state index contributed by atoms with van der Waals surface area (Å²) >= 11 is 1.54. The molecular weight excluding hydrogens is 360 g/mol. The van der Waals surface area contributed by atoms with Gasteiger partial charge in [-0.05, 0) is 43.2 Å². The summed E-state index contributed by atoms with van der Waals surface area (Å²) in [6, 6.07) is 13.8. The van der Waals surface area contributed by atoms with E-state index in [-0.39, 0.29) is 12.3 Å². The van der Waals surface area contributed by atoms with Crippen LogP contribution in [0.3, 0.4) is 0 Å². The van der Waals surface area contributed by atoms with Gasteiger partial charge in [0.1, 0.15) is 5.75 Å². The number of amides is 1. The number of fused-ring (bicyclic) bond motifs is 1. The predicted octanol–water partition coefficient (Wildman–Crippen LogP) is 3.86. The molecule has 2 aromatic carbocycles. The first kappa shape index (κ1) is 19.3. The van der Waals surface area contributed by atoms with E-state index in [1.807, 2.05) is 30.3 Å². The summed E-state index contributed by atoms with van der Waals surface area (Å²) in [5.74, 6) is 0.575. The van der Waals surface area contributed by atoms with E-state index < -0.39 is 0 Å². The van der Waals surface area contributed by atoms with Crippen molar-refractivity contribution in [3.63, 3.8) is 0 Å². The fourth-order valence-corrected chi connectivity index (χ4v) is 4.25. The number of thiazole rings is 1. The molecule has 0 N–H and O–H groups in total. The van der Waals surface area contributed by atoms with E-state index in [9.17, 15) is 4.79 Å². The number of ether oxygens (including phenoxy) is 2. The van der Waals surface area contributed by atoms with Crippen molar-refractivity contribution in [3.8, 4) is 5.75 Å². The molecule has 0 atom stereocenters. The van der Waals surface area contributed by atoms with Gasteiger partial charge >= 0.3 is 0 Å². The molecule has 27 heavy (non-hydrogen) atoms. The smallest absolute Gasteiger partial charge is 0.251 e. The van der Waals surface area contributed by atoms with Crippen LogP contribution < -0.4 is 9.54 Å². The van der Waals surface area contributed by atoms with Crippen LogP contribution in [0.15, 0.2) is 47.5 Å². The number of carbonyl (C=O) groups is 1. The Hall–Kier alpha value is -2.44. The molecule has 3 aromatic rings. The molecule has 6 heteroatoms. The average molecular weight is 385 g/mol. The SMILES string of the molecule is COCCn1c(=NC(=O)CCOc2ccccc2)sc2cc(C)cc(C)c21. The van der Waals surface area contributed by atoms with Crippen LogP contribution in [0.1, 0.15) is 17.5 Å². The molecule has 0 aliphatic carbocycles. The lowest BCUT2D eigenvalue weighted by atomic mass is 10.1. The van der Waals surface area contributed by atoms with Gasteiger partial charge in [-0.2, -0.15) is 4.99 Å². The number of hydrogen-bond acceptors (Lipinski definition) is 4. The molecule has 0 aliphatic rings. The highest BCUT2D eigenvalue weighted by molar-refractivity contribution is 7.16. The van der Waals surface area contributed by atoms with Gasteiger partial charge in [-0.1, -0.05) is 35.6 Å². The summed E-state index contributed by atoms with van der Waals surface area (Å²) in [7, 11) is 1.68. The van der Waals surface area contributed by atoms with Crippen molar-refractivity contribution in [2.45, 2.75) is 26.8 Å². The summed E-state index contributed by atoms with van der Waals surface area (Å²) in [5.41, 5.74) is 3.50. The van der Waals surface area contributed by atoms with Gasteiger partial charge in [0.05, 0.1) is 29.9 Å². The van der Waals surface area contributed by atoms with Crippen LogP contribution in [-0.2, 0) is 16.1 Å². The first-order valence-corrected chi connectivity index (χ1v) is 9.75. The van der Waals surface area contributed by atoms with Gasteiger partial charge in [0.25, 0.3) is 5.91 Å². The van der Waals surface area contributed by atoms with Crippen LogP contribution in [0.25, 0.3) is 10.2 Å². The molecule has 0 saturated carbocycles. The molecule has 0 aliphatic heterocycles. The van der Waals surface area contributed by atoms with Crippen LogP contribution in [0.4, 0.5) is 0 Å². The third-order valence-corrected chi connectivity index (χ3v) is 5.20. The Bertz CT molecular complexity index is 990. The van der Waals surface area contributed by atoms with E-state index in [2.05, 4.69) is 35.5 Å². The molecule has 3 rings (SSSR count). The summed E-state index contributed by atoms with van der Waals surface area (Å²) in [6.07, 6.45) is 0.241. The summed E-state index contributed by atoms with van der Waals surface area (Å²) in [4.78, 5) is 17.4. The number of carbonyl (C=O) groups excluding carboxylic acids is 1. The van der Waals surface area contributed by atoms with E-state index in [1.165, 1.54) is 22.5 Å². The maximum absolute atomic E-state index is 12.4. The van der Waals surface area contributed by atoms with Crippen molar-refractivity contribution in [3.05, 3.63) is 58.4 Å². The number of nitrogens with zero attached hydrogens (tertiary/aromatic N) is 2. The van der Waals surface area contributed by atoms with Crippen LogP contribution >= 0.6 is 11.3 Å². The van der Waals surface area contributed by atoms with Crippen LogP contribution in [0.5, 0.6) is 5.75 Å². The number of methoxy groups -OCH3 is 1. The van der Waals surface area contributed by atoms with Crippen molar-refractivity contribution in [1.29, 1.82) is 0 Å². The maximum Gasteiger partial charge on any atom is 0.251 e. The van der Waals surface area contributed by atoms with Crippen molar-refractivity contribution in [2.75, 3.05) is 20.3 Å². The zero-order valence-electron chi connectivity index (χ0n) is 15.9. The Morgan fingerprint density at radius 3 is 2.67 bits per heavy atom. The quantitative estimate of drug-likeness (QED) is 0.621. The van der Waals surface area contributed by atoms with Crippen LogP contribution in [0.2, 0.25) is 0 Å². The first-order valence-electron chi connectivity index (χ1n) is 8.93. The zero-order chi connectivity index (χ0) is 19.2. The fourth-order valence-electron chi connectivity index (χ4n) is 3.00. The van der Waals surface area contributed by atoms with Gasteiger partial charge in [0.2, 0.25) is 0 Å². The van der Waals surface area contributed by atoms with Crippen LogP contribution in [0, 0.1) is 13.8 Å². The molecule has 0 unspecified atom stereocenters. The molecule has 0 bridgehead atoms. The minimum Gasteiger partial charge on any atom is -0.493 e. The van der Waals surface area contributed by atoms with E-state index in [1.54, 1.807) is 7.11 Å². The van der Waals surface area contributed by atoms with E-state index in [4.69, 9.17) is 9.47 Å². The second-order valence-electron chi connectivity index (χ2n) is 6.37. The third kappa shape index (κ3) is 4.84. The number of hydrogen-bond donors (Lipinski definition) is 0. The van der Waals surface area contributed by atoms with Crippen LogP contribution in [-0.4, -0.2) is 30.8 Å². The standard InChI is InChI=1S/C21H24N2O3S/c1-15-13-16(2)20-18(14-15)27-21(23(20)10-12-25-3)22-19(24)9-11-26-17-7-5-4-6-8-17/h4-8,13-14H,9-12H2,1-3H3. The van der Waals surface area contributed by atoms with Gasteiger partial charge < -0.3 is 14.0 Å². The number of aromatic nitrogens is 1. The monoisotopic (exact) mass is 384 g/mol. The lowest BCUT2D eigenvalue weighted by Crippen LogP contribution is -2.20. The Labute approximate surface area is 162 Å². The molecule has 142 valence electrons. The third-order valence-electron chi connectivity index (χ3n) is 4.18. The maximum atomic E-state index is 12.4. The second-order valence-corrected chi connectivity index (χ2v) is 7.38. The van der Waals surface area contributed by atoms with Gasteiger partial charge in [-0.3, -0.25) is 4.79 Å². The predicted molar refractivity (Wildman–Crippen MR) is 108 cm³/mol. The van der Waals surface area contributed by atoms with E-state index >= 15 is 0 Å². The second kappa shape index (κ2) is 8.97. The topological polar surface area (TPSA) is 52.8 Å². The molecule has 5 nitrogen and oxygen atoms in total. The summed E-state index contributed by atoms with van der Waals surface area (Å²) in [6.45, 7) is 5.71. The largest absolute Gasteiger partial charge is 0.493 e. The highest BCUT2D eigenvalue weighted by atomic mass is 32.1. The zero-order valence-corrected chi connectivity index (χ0v) is 16.7. The Balaban J connectivity index is 1.83. The number of benzene rings is 2. The minimum atomic E-state index is -0.182. The molecule has 1 heterocycles. The highest BCUT2D eigenvalue weighted by Crippen LogP contribution is 2.23. The van der Waals surface area contributed by atoms with Gasteiger partial charge in [0, 0.05) is 13.7 Å². The Kier molecular flexibility index (Phi) is 6.42. The molecule has 1 aromatic heterocycles. The molecule has 0 saturated heterocycles. The number of para-hydroxylation sites is 1. The van der Waals surface area contributed by atoms with Gasteiger partial charge in [-0.15, -0.1) is 0 Å². The molecule has 1 amide bonds. The lowest BCUT2D eigenvalue weighted by Gasteiger charge is -2.07. The van der Waals surface area contributed by atoms with Gasteiger partial charge in [0.15, 0.2) is 4.80 Å². The van der Waals surface area contributed by atoms with Gasteiger partial charge in [-0.25, -0.2) is 0 Å². The van der Waals surface area contributed by atoms with Crippen molar-refractivity contribution in [2.24, 2.45) is 4.99 Å². The molecule has 0 fully saturated rings. The fraction of sp³-hybridized carbons (Fsp3) is 0.333. The first-order chi connectivity index (χ1) is 13.1. The molecule has 0 spiro atoms. The minimum absolute atomic E-state index is 0.182. The Morgan fingerprint density at radius 1 is 1.15 bits per heavy atom. The normalized spacial score (nSPS) is 11.9. The highest BCUT2D eigenvalue weighted by Gasteiger charge is 2.11. The van der Waals surface area contributed by atoms with Crippen molar-refractivity contribution < 1.29 is 14.3 Å².